The smallest absolute Gasteiger partial charge is 0.129 e. The van der Waals surface area contributed by atoms with E-state index in [0.29, 0.717) is 11.8 Å². The van der Waals surface area contributed by atoms with Crippen LogP contribution in [0.3, 0.4) is 0 Å². The standard InChI is InChI=1S/C13H18BrNOS/c1-17-13-4-2-3-11(13)15-8-9-5-6-12(16)10(14)7-9/h5-7,11,13,15-16H,2-4,8H2,1H3. The highest BCUT2D eigenvalue weighted by atomic mass is 79.9. The van der Waals surface area contributed by atoms with Gasteiger partial charge in [0.25, 0.3) is 0 Å². The fraction of sp³-hybridized carbons (Fsp3) is 0.538. The van der Waals surface area contributed by atoms with Crippen LogP contribution < -0.4 is 5.32 Å². The van der Waals surface area contributed by atoms with Crippen LogP contribution in [0.4, 0.5) is 0 Å². The molecule has 2 nitrogen and oxygen atoms in total. The number of hydrogen-bond donors (Lipinski definition) is 2. The maximum atomic E-state index is 9.43. The van der Waals surface area contributed by atoms with E-state index in [0.717, 1.165) is 16.3 Å². The average Bonchev–Trinajstić information content (AvgIpc) is 2.78. The number of aromatic hydroxyl groups is 1. The Hall–Kier alpha value is -0.190. The number of nitrogens with one attached hydrogen (secondary N) is 1. The van der Waals surface area contributed by atoms with Crippen molar-refractivity contribution in [2.24, 2.45) is 0 Å². The van der Waals surface area contributed by atoms with Crippen molar-refractivity contribution < 1.29 is 5.11 Å². The third kappa shape index (κ3) is 3.39. The molecule has 0 radical (unpaired) electrons. The van der Waals surface area contributed by atoms with Gasteiger partial charge in [0.2, 0.25) is 0 Å². The summed E-state index contributed by atoms with van der Waals surface area (Å²) in [6, 6.07) is 6.32. The number of phenolic OH excluding ortho intramolecular Hbond substituents is 1. The van der Waals surface area contributed by atoms with E-state index < -0.39 is 0 Å². The number of rotatable bonds is 4. The number of hydrogen-bond acceptors (Lipinski definition) is 3. The zero-order valence-electron chi connectivity index (χ0n) is 9.95. The molecule has 2 unspecified atom stereocenters. The van der Waals surface area contributed by atoms with E-state index in [9.17, 15) is 5.11 Å². The van der Waals surface area contributed by atoms with Gasteiger partial charge >= 0.3 is 0 Å². The van der Waals surface area contributed by atoms with Crippen LogP contribution in [0.25, 0.3) is 0 Å². The van der Waals surface area contributed by atoms with E-state index in [4.69, 9.17) is 0 Å². The van der Waals surface area contributed by atoms with Crippen LogP contribution in [-0.4, -0.2) is 22.7 Å². The molecule has 0 amide bonds. The first-order chi connectivity index (χ1) is 8.20. The first-order valence-corrected chi connectivity index (χ1v) is 8.02. The minimum atomic E-state index is 0.302. The highest BCUT2D eigenvalue weighted by Gasteiger charge is 2.25. The Labute approximate surface area is 115 Å². The summed E-state index contributed by atoms with van der Waals surface area (Å²) in [6.45, 7) is 0.876. The number of halogens is 1. The van der Waals surface area contributed by atoms with Gasteiger partial charge in [-0.25, -0.2) is 0 Å². The van der Waals surface area contributed by atoms with Crippen molar-refractivity contribution >= 4 is 27.7 Å². The van der Waals surface area contributed by atoms with Gasteiger partial charge in [-0.3, -0.25) is 0 Å². The highest BCUT2D eigenvalue weighted by Crippen LogP contribution is 2.29. The Morgan fingerprint density at radius 2 is 2.29 bits per heavy atom. The first kappa shape index (κ1) is 13.2. The van der Waals surface area contributed by atoms with Crippen LogP contribution in [0, 0.1) is 0 Å². The van der Waals surface area contributed by atoms with Crippen molar-refractivity contribution in [2.45, 2.75) is 37.1 Å². The Balaban J connectivity index is 1.91. The fourth-order valence-corrected chi connectivity index (χ4v) is 3.74. The molecule has 0 aliphatic heterocycles. The summed E-state index contributed by atoms with van der Waals surface area (Å²) in [5, 5.41) is 13.8. The molecule has 94 valence electrons. The van der Waals surface area contributed by atoms with Gasteiger partial charge in [-0.15, -0.1) is 0 Å². The molecule has 0 spiro atoms. The average molecular weight is 316 g/mol. The third-order valence-electron chi connectivity index (χ3n) is 3.34. The lowest BCUT2D eigenvalue weighted by Crippen LogP contribution is -2.33. The van der Waals surface area contributed by atoms with Crippen LogP contribution in [0.15, 0.2) is 22.7 Å². The fourth-order valence-electron chi connectivity index (χ4n) is 2.35. The van der Waals surface area contributed by atoms with Gasteiger partial charge in [-0.05, 0) is 52.7 Å². The first-order valence-electron chi connectivity index (χ1n) is 5.94. The molecule has 0 aromatic heterocycles. The molecule has 2 rings (SSSR count). The minimum absolute atomic E-state index is 0.302. The largest absolute Gasteiger partial charge is 0.507 e. The van der Waals surface area contributed by atoms with Crippen molar-refractivity contribution in [3.8, 4) is 5.75 Å². The lowest BCUT2D eigenvalue weighted by atomic mass is 10.2. The molecule has 1 aromatic rings. The van der Waals surface area contributed by atoms with Crippen LogP contribution in [-0.2, 0) is 6.54 Å². The van der Waals surface area contributed by atoms with E-state index in [1.165, 1.54) is 24.8 Å². The molecule has 4 heteroatoms. The monoisotopic (exact) mass is 315 g/mol. The number of phenols is 1. The maximum Gasteiger partial charge on any atom is 0.129 e. The van der Waals surface area contributed by atoms with Crippen molar-refractivity contribution in [2.75, 3.05) is 6.26 Å². The SMILES string of the molecule is CSC1CCCC1NCc1ccc(O)c(Br)c1. The second kappa shape index (κ2) is 6.12. The molecule has 1 aliphatic rings. The zero-order chi connectivity index (χ0) is 12.3. The Morgan fingerprint density at radius 3 is 3.00 bits per heavy atom. The van der Waals surface area contributed by atoms with Gasteiger partial charge in [-0.2, -0.15) is 11.8 Å². The topological polar surface area (TPSA) is 32.3 Å². The van der Waals surface area contributed by atoms with Crippen LogP contribution in [0.5, 0.6) is 5.75 Å². The van der Waals surface area contributed by atoms with E-state index in [-0.39, 0.29) is 0 Å². The van der Waals surface area contributed by atoms with Gasteiger partial charge in [0, 0.05) is 17.8 Å². The van der Waals surface area contributed by atoms with Crippen molar-refractivity contribution in [1.29, 1.82) is 0 Å². The molecule has 1 aliphatic carbocycles. The maximum absolute atomic E-state index is 9.43. The zero-order valence-corrected chi connectivity index (χ0v) is 12.4. The van der Waals surface area contributed by atoms with Gasteiger partial charge in [0.1, 0.15) is 5.75 Å². The summed E-state index contributed by atoms with van der Waals surface area (Å²) < 4.78 is 0.768. The Kier molecular flexibility index (Phi) is 4.77. The second-order valence-electron chi connectivity index (χ2n) is 4.48. The Morgan fingerprint density at radius 1 is 1.47 bits per heavy atom. The van der Waals surface area contributed by atoms with Crippen molar-refractivity contribution in [3.63, 3.8) is 0 Å². The molecular formula is C13H18BrNOS. The predicted molar refractivity (Wildman–Crippen MR) is 77.6 cm³/mol. The summed E-state index contributed by atoms with van der Waals surface area (Å²) >= 11 is 5.31. The molecule has 2 atom stereocenters. The van der Waals surface area contributed by atoms with Crippen molar-refractivity contribution in [3.05, 3.63) is 28.2 Å². The van der Waals surface area contributed by atoms with Crippen LogP contribution >= 0.6 is 27.7 Å². The molecule has 1 saturated carbocycles. The molecular weight excluding hydrogens is 298 g/mol. The van der Waals surface area contributed by atoms with Crippen molar-refractivity contribution in [1.82, 2.24) is 5.32 Å². The lowest BCUT2D eigenvalue weighted by Gasteiger charge is -2.19. The molecule has 0 bridgehead atoms. The third-order valence-corrected chi connectivity index (χ3v) is 5.14. The van der Waals surface area contributed by atoms with E-state index >= 15 is 0 Å². The van der Waals surface area contributed by atoms with E-state index in [1.807, 2.05) is 23.9 Å². The van der Waals surface area contributed by atoms with Gasteiger partial charge in [-0.1, -0.05) is 12.5 Å². The summed E-state index contributed by atoms with van der Waals surface area (Å²) in [5.74, 6) is 0.302. The summed E-state index contributed by atoms with van der Waals surface area (Å²) in [4.78, 5) is 0. The molecule has 17 heavy (non-hydrogen) atoms. The summed E-state index contributed by atoms with van der Waals surface area (Å²) in [5.41, 5.74) is 1.21. The van der Waals surface area contributed by atoms with E-state index in [1.54, 1.807) is 6.07 Å². The van der Waals surface area contributed by atoms with Gasteiger partial charge in [0.15, 0.2) is 0 Å². The van der Waals surface area contributed by atoms with Gasteiger partial charge in [0.05, 0.1) is 4.47 Å². The molecule has 2 N–H and O–H groups in total. The molecule has 1 fully saturated rings. The van der Waals surface area contributed by atoms with E-state index in [2.05, 4.69) is 27.5 Å². The summed E-state index contributed by atoms with van der Waals surface area (Å²) in [7, 11) is 0. The van der Waals surface area contributed by atoms with Gasteiger partial charge < -0.3 is 10.4 Å². The number of benzene rings is 1. The molecule has 0 heterocycles. The summed E-state index contributed by atoms with van der Waals surface area (Å²) in [6.07, 6.45) is 6.15. The van der Waals surface area contributed by atoms with Crippen LogP contribution in [0.1, 0.15) is 24.8 Å². The molecule has 0 saturated heterocycles. The predicted octanol–water partition coefficient (Wildman–Crippen LogP) is 3.53. The second-order valence-corrected chi connectivity index (χ2v) is 6.41. The highest BCUT2D eigenvalue weighted by molar-refractivity contribution is 9.10. The lowest BCUT2D eigenvalue weighted by molar-refractivity contribution is 0.471. The van der Waals surface area contributed by atoms with Crippen LogP contribution in [0.2, 0.25) is 0 Å². The minimum Gasteiger partial charge on any atom is -0.507 e. The normalized spacial score (nSPS) is 24.1. The number of thioether (sulfide) groups is 1. The Bertz CT molecular complexity index is 386. The quantitative estimate of drug-likeness (QED) is 0.891. The molecule has 1 aromatic carbocycles.